The highest BCUT2D eigenvalue weighted by atomic mass is 16.4. The molecule has 5 nitrogen and oxygen atoms in total. The van der Waals surface area contributed by atoms with E-state index in [9.17, 15) is 0 Å². The van der Waals surface area contributed by atoms with Crippen molar-refractivity contribution in [1.82, 2.24) is 4.98 Å². The Morgan fingerprint density at radius 3 is 3.00 bits per heavy atom. The van der Waals surface area contributed by atoms with Gasteiger partial charge in [-0.15, -0.1) is 0 Å². The molecule has 1 saturated carbocycles. The minimum Gasteiger partial charge on any atom is -0.409 e. The molecule has 1 heterocycles. The van der Waals surface area contributed by atoms with Gasteiger partial charge >= 0.3 is 0 Å². The summed E-state index contributed by atoms with van der Waals surface area (Å²) < 4.78 is 0. The third-order valence-electron chi connectivity index (χ3n) is 3.97. The van der Waals surface area contributed by atoms with Crippen LogP contribution in [0.25, 0.3) is 0 Å². The number of hydrogen-bond acceptors (Lipinski definition) is 4. The second kappa shape index (κ2) is 5.91. The fourth-order valence-electron chi connectivity index (χ4n) is 2.88. The minimum atomic E-state index is 0.0614. The van der Waals surface area contributed by atoms with Crippen LogP contribution in [-0.2, 0) is 0 Å². The Labute approximate surface area is 114 Å². The van der Waals surface area contributed by atoms with Gasteiger partial charge in [-0.2, -0.15) is 0 Å². The fraction of sp³-hybridized carbons (Fsp3) is 0.571. The summed E-state index contributed by atoms with van der Waals surface area (Å²) in [6.07, 6.45) is 6.60. The van der Waals surface area contributed by atoms with Gasteiger partial charge < -0.3 is 15.8 Å². The van der Waals surface area contributed by atoms with Crippen molar-refractivity contribution in [1.29, 1.82) is 0 Å². The first-order chi connectivity index (χ1) is 9.13. The van der Waals surface area contributed by atoms with Crippen LogP contribution in [-0.4, -0.2) is 29.1 Å². The van der Waals surface area contributed by atoms with Crippen molar-refractivity contribution in [2.75, 3.05) is 11.9 Å². The zero-order valence-corrected chi connectivity index (χ0v) is 11.6. The van der Waals surface area contributed by atoms with Gasteiger partial charge in [0.2, 0.25) is 0 Å². The van der Waals surface area contributed by atoms with Gasteiger partial charge in [0, 0.05) is 19.3 Å². The summed E-state index contributed by atoms with van der Waals surface area (Å²) in [7, 11) is 2.06. The lowest BCUT2D eigenvalue weighted by Crippen LogP contribution is -2.37. The maximum absolute atomic E-state index is 8.85. The van der Waals surface area contributed by atoms with Crippen LogP contribution >= 0.6 is 0 Å². The van der Waals surface area contributed by atoms with E-state index in [1.165, 1.54) is 25.7 Å². The molecule has 1 aromatic rings. The maximum Gasteiger partial charge on any atom is 0.190 e. The first-order valence-electron chi connectivity index (χ1n) is 6.79. The summed E-state index contributed by atoms with van der Waals surface area (Å²) in [5.74, 6) is 0.816. The van der Waals surface area contributed by atoms with Crippen LogP contribution in [0.1, 0.15) is 38.3 Å². The molecule has 1 fully saturated rings. The molecule has 2 rings (SSSR count). The molecule has 1 aliphatic rings. The van der Waals surface area contributed by atoms with E-state index in [4.69, 9.17) is 10.9 Å². The SMILES string of the molecule is CC1CCCC(N(C)c2cccnc2/C(N)=N/O)C1. The van der Waals surface area contributed by atoms with Crippen LogP contribution in [0.3, 0.4) is 0 Å². The largest absolute Gasteiger partial charge is 0.409 e. The summed E-state index contributed by atoms with van der Waals surface area (Å²) >= 11 is 0. The number of pyridine rings is 1. The molecule has 0 saturated heterocycles. The summed E-state index contributed by atoms with van der Waals surface area (Å²) in [5.41, 5.74) is 7.18. The zero-order chi connectivity index (χ0) is 13.8. The third-order valence-corrected chi connectivity index (χ3v) is 3.97. The Morgan fingerprint density at radius 1 is 1.53 bits per heavy atom. The fourth-order valence-corrected chi connectivity index (χ4v) is 2.88. The maximum atomic E-state index is 8.85. The van der Waals surface area contributed by atoms with E-state index >= 15 is 0 Å². The summed E-state index contributed by atoms with van der Waals surface area (Å²) in [5, 5.41) is 11.9. The van der Waals surface area contributed by atoms with Crippen molar-refractivity contribution in [3.05, 3.63) is 24.0 Å². The molecule has 0 spiro atoms. The Hall–Kier alpha value is -1.78. The summed E-state index contributed by atoms with van der Waals surface area (Å²) in [6.45, 7) is 2.30. The number of rotatable bonds is 3. The van der Waals surface area contributed by atoms with E-state index in [2.05, 4.69) is 29.0 Å². The quantitative estimate of drug-likeness (QED) is 0.379. The molecule has 2 unspecified atom stereocenters. The highest BCUT2D eigenvalue weighted by molar-refractivity contribution is 6.00. The normalized spacial score (nSPS) is 24.2. The molecular formula is C14H22N4O. The molecule has 0 amide bonds. The lowest BCUT2D eigenvalue weighted by atomic mass is 9.86. The molecule has 0 aromatic carbocycles. The molecule has 0 radical (unpaired) electrons. The first-order valence-corrected chi connectivity index (χ1v) is 6.79. The van der Waals surface area contributed by atoms with Gasteiger partial charge in [-0.3, -0.25) is 4.98 Å². The molecule has 5 heteroatoms. The van der Waals surface area contributed by atoms with Crippen LogP contribution in [0, 0.1) is 5.92 Å². The highest BCUT2D eigenvalue weighted by Crippen LogP contribution is 2.30. The number of nitrogens with two attached hydrogens (primary N) is 1. The smallest absolute Gasteiger partial charge is 0.190 e. The molecule has 104 valence electrons. The van der Waals surface area contributed by atoms with Crippen molar-refractivity contribution in [2.45, 2.75) is 38.6 Å². The van der Waals surface area contributed by atoms with Crippen molar-refractivity contribution in [3.8, 4) is 0 Å². The van der Waals surface area contributed by atoms with Gasteiger partial charge in [-0.25, -0.2) is 0 Å². The van der Waals surface area contributed by atoms with E-state index in [1.54, 1.807) is 6.20 Å². The molecule has 1 aliphatic carbocycles. The number of hydrogen-bond donors (Lipinski definition) is 2. The van der Waals surface area contributed by atoms with Gasteiger partial charge in [-0.1, -0.05) is 24.9 Å². The van der Waals surface area contributed by atoms with Crippen LogP contribution in [0.5, 0.6) is 0 Å². The lowest BCUT2D eigenvalue weighted by molar-refractivity contribution is 0.318. The van der Waals surface area contributed by atoms with Gasteiger partial charge in [0.05, 0.1) is 5.69 Å². The Morgan fingerprint density at radius 2 is 2.32 bits per heavy atom. The third kappa shape index (κ3) is 2.97. The van der Waals surface area contributed by atoms with E-state index in [0.717, 1.165) is 11.6 Å². The molecule has 0 aliphatic heterocycles. The predicted molar refractivity (Wildman–Crippen MR) is 76.6 cm³/mol. The van der Waals surface area contributed by atoms with Crippen molar-refractivity contribution in [3.63, 3.8) is 0 Å². The van der Waals surface area contributed by atoms with Gasteiger partial charge in [-0.05, 0) is 30.9 Å². The molecule has 2 atom stereocenters. The van der Waals surface area contributed by atoms with E-state index in [-0.39, 0.29) is 5.84 Å². The van der Waals surface area contributed by atoms with Crippen LogP contribution in [0.15, 0.2) is 23.5 Å². The first kappa shape index (κ1) is 13.6. The molecular weight excluding hydrogens is 240 g/mol. The number of nitrogens with zero attached hydrogens (tertiary/aromatic N) is 3. The topological polar surface area (TPSA) is 74.7 Å². The van der Waals surface area contributed by atoms with Crippen molar-refractivity contribution < 1.29 is 5.21 Å². The average Bonchev–Trinajstić information content (AvgIpc) is 2.45. The number of anilines is 1. The Balaban J connectivity index is 2.25. The zero-order valence-electron chi connectivity index (χ0n) is 11.6. The van der Waals surface area contributed by atoms with Crippen LogP contribution in [0.2, 0.25) is 0 Å². The number of oxime groups is 1. The Bertz CT molecular complexity index is 461. The van der Waals surface area contributed by atoms with Crippen LogP contribution in [0.4, 0.5) is 5.69 Å². The molecule has 0 bridgehead atoms. The standard InChI is InChI=1S/C14H22N4O/c1-10-5-3-6-11(9-10)18(2)12-7-4-8-16-13(12)14(15)17-19/h4,7-8,10-11,19H,3,5-6,9H2,1-2H3,(H2,15,17). The van der Waals surface area contributed by atoms with Crippen molar-refractivity contribution >= 4 is 11.5 Å². The minimum absolute atomic E-state index is 0.0614. The highest BCUT2D eigenvalue weighted by Gasteiger charge is 2.24. The van der Waals surface area contributed by atoms with Gasteiger partial charge in [0.25, 0.3) is 0 Å². The van der Waals surface area contributed by atoms with Gasteiger partial charge in [0.1, 0.15) is 5.69 Å². The second-order valence-electron chi connectivity index (χ2n) is 5.39. The van der Waals surface area contributed by atoms with Crippen LogP contribution < -0.4 is 10.6 Å². The van der Waals surface area contributed by atoms with E-state index in [1.807, 2.05) is 12.1 Å². The second-order valence-corrected chi connectivity index (χ2v) is 5.39. The Kier molecular flexibility index (Phi) is 4.24. The van der Waals surface area contributed by atoms with E-state index < -0.39 is 0 Å². The van der Waals surface area contributed by atoms with E-state index in [0.29, 0.717) is 11.7 Å². The molecule has 19 heavy (non-hydrogen) atoms. The summed E-state index contributed by atoms with van der Waals surface area (Å²) in [6, 6.07) is 4.35. The number of amidine groups is 1. The predicted octanol–water partition coefficient (Wildman–Crippen LogP) is 2.19. The monoisotopic (exact) mass is 262 g/mol. The van der Waals surface area contributed by atoms with Gasteiger partial charge in [0.15, 0.2) is 5.84 Å². The lowest BCUT2D eigenvalue weighted by Gasteiger charge is -2.36. The van der Waals surface area contributed by atoms with Crippen molar-refractivity contribution in [2.24, 2.45) is 16.8 Å². The molecule has 3 N–H and O–H groups in total. The summed E-state index contributed by atoms with van der Waals surface area (Å²) in [4.78, 5) is 6.45. The molecule has 1 aromatic heterocycles. The number of aromatic nitrogens is 1. The average molecular weight is 262 g/mol.